The molecular formula is C16H29NO2. The lowest BCUT2D eigenvalue weighted by atomic mass is 9.67. The van der Waals surface area contributed by atoms with E-state index in [1.54, 1.807) is 0 Å². The summed E-state index contributed by atoms with van der Waals surface area (Å²) in [5.74, 6) is -0.00546. The lowest BCUT2D eigenvalue weighted by Gasteiger charge is -2.48. The van der Waals surface area contributed by atoms with Gasteiger partial charge in [0.1, 0.15) is 0 Å². The Balaban J connectivity index is 2.07. The summed E-state index contributed by atoms with van der Waals surface area (Å²) in [7, 11) is 0. The fraction of sp³-hybridized carbons (Fsp3) is 0.938. The average Bonchev–Trinajstić information content (AvgIpc) is 2.87. The number of carbonyl (C=O) groups excluding carboxylic acids is 1. The van der Waals surface area contributed by atoms with Gasteiger partial charge in [-0.25, -0.2) is 0 Å². The van der Waals surface area contributed by atoms with Crippen molar-refractivity contribution >= 4 is 5.97 Å². The van der Waals surface area contributed by atoms with Crippen molar-refractivity contribution in [2.45, 2.75) is 71.3 Å². The average molecular weight is 267 g/mol. The Hall–Kier alpha value is -0.570. The number of carbonyl (C=O) groups is 1. The first-order valence-corrected chi connectivity index (χ1v) is 7.88. The molecule has 1 heterocycles. The van der Waals surface area contributed by atoms with Crippen LogP contribution in [-0.2, 0) is 9.53 Å². The van der Waals surface area contributed by atoms with Crippen LogP contribution in [0.5, 0.6) is 0 Å². The van der Waals surface area contributed by atoms with Gasteiger partial charge in [-0.1, -0.05) is 13.8 Å². The van der Waals surface area contributed by atoms with E-state index in [4.69, 9.17) is 4.74 Å². The molecule has 0 unspecified atom stereocenters. The smallest absolute Gasteiger partial charge is 0.307 e. The van der Waals surface area contributed by atoms with Gasteiger partial charge in [0, 0.05) is 5.54 Å². The van der Waals surface area contributed by atoms with Gasteiger partial charge in [0.05, 0.1) is 13.0 Å². The van der Waals surface area contributed by atoms with Crippen LogP contribution in [0.2, 0.25) is 0 Å². The number of rotatable bonds is 4. The largest absolute Gasteiger partial charge is 0.466 e. The van der Waals surface area contributed by atoms with E-state index in [0.29, 0.717) is 18.4 Å². The summed E-state index contributed by atoms with van der Waals surface area (Å²) in [5.41, 5.74) is 0.538. The first-order chi connectivity index (χ1) is 8.97. The number of hydrogen-bond acceptors (Lipinski definition) is 3. The second-order valence-corrected chi connectivity index (χ2v) is 7.06. The summed E-state index contributed by atoms with van der Waals surface area (Å²) >= 11 is 0. The molecule has 0 aromatic rings. The Morgan fingerprint density at radius 1 is 1.11 bits per heavy atom. The quantitative estimate of drug-likeness (QED) is 0.731. The van der Waals surface area contributed by atoms with Gasteiger partial charge in [0.2, 0.25) is 0 Å². The van der Waals surface area contributed by atoms with Crippen LogP contribution < -0.4 is 0 Å². The minimum absolute atomic E-state index is 0.00546. The lowest BCUT2D eigenvalue weighted by Crippen LogP contribution is -2.52. The molecule has 0 amide bonds. The van der Waals surface area contributed by atoms with Crippen molar-refractivity contribution < 1.29 is 9.53 Å². The highest BCUT2D eigenvalue weighted by Gasteiger charge is 2.44. The molecule has 0 radical (unpaired) electrons. The third kappa shape index (κ3) is 3.50. The maximum Gasteiger partial charge on any atom is 0.307 e. The molecule has 2 fully saturated rings. The summed E-state index contributed by atoms with van der Waals surface area (Å²) in [4.78, 5) is 14.6. The van der Waals surface area contributed by atoms with E-state index in [1.807, 2.05) is 6.92 Å². The topological polar surface area (TPSA) is 29.5 Å². The van der Waals surface area contributed by atoms with Crippen molar-refractivity contribution in [1.29, 1.82) is 0 Å². The molecule has 1 saturated carbocycles. The van der Waals surface area contributed by atoms with Crippen molar-refractivity contribution in [2.24, 2.45) is 5.41 Å². The maximum atomic E-state index is 12.0. The number of nitrogens with zero attached hydrogens (tertiary/aromatic N) is 1. The minimum atomic E-state index is -0.00546. The van der Waals surface area contributed by atoms with Crippen LogP contribution in [0.1, 0.15) is 65.7 Å². The van der Waals surface area contributed by atoms with E-state index in [2.05, 4.69) is 18.7 Å². The standard InChI is InChI=1S/C16H29NO2/c1-4-19-14(18)13-16(17-11-5-6-12-17)9-7-15(2,3)8-10-16/h4-13H2,1-3H3. The molecule has 110 valence electrons. The molecule has 1 aliphatic carbocycles. The molecule has 0 aromatic carbocycles. The molecule has 2 aliphatic rings. The van der Waals surface area contributed by atoms with Crippen molar-refractivity contribution in [3.05, 3.63) is 0 Å². The van der Waals surface area contributed by atoms with E-state index in [-0.39, 0.29) is 11.5 Å². The highest BCUT2D eigenvalue weighted by molar-refractivity contribution is 5.71. The van der Waals surface area contributed by atoms with E-state index >= 15 is 0 Å². The van der Waals surface area contributed by atoms with E-state index in [0.717, 1.165) is 12.8 Å². The maximum absolute atomic E-state index is 12.0. The molecule has 0 N–H and O–H groups in total. The van der Waals surface area contributed by atoms with Gasteiger partial charge in [-0.15, -0.1) is 0 Å². The van der Waals surface area contributed by atoms with Crippen molar-refractivity contribution in [3.8, 4) is 0 Å². The second kappa shape index (κ2) is 5.82. The third-order valence-corrected chi connectivity index (χ3v) is 5.09. The van der Waals surface area contributed by atoms with Gasteiger partial charge in [0.25, 0.3) is 0 Å². The fourth-order valence-electron chi connectivity index (χ4n) is 3.67. The fourth-order valence-corrected chi connectivity index (χ4v) is 3.67. The molecule has 0 bridgehead atoms. The van der Waals surface area contributed by atoms with Crippen LogP contribution in [0.3, 0.4) is 0 Å². The lowest BCUT2D eigenvalue weighted by molar-refractivity contribution is -0.147. The van der Waals surface area contributed by atoms with Crippen LogP contribution in [-0.4, -0.2) is 36.1 Å². The zero-order valence-corrected chi connectivity index (χ0v) is 12.8. The monoisotopic (exact) mass is 267 g/mol. The minimum Gasteiger partial charge on any atom is -0.466 e. The summed E-state index contributed by atoms with van der Waals surface area (Å²) in [5, 5.41) is 0. The first kappa shape index (κ1) is 14.8. The molecule has 3 nitrogen and oxygen atoms in total. The number of likely N-dealkylation sites (tertiary alicyclic amines) is 1. The summed E-state index contributed by atoms with van der Waals surface area (Å²) in [6.45, 7) is 9.43. The molecular weight excluding hydrogens is 238 g/mol. The van der Waals surface area contributed by atoms with Gasteiger partial charge >= 0.3 is 5.97 Å². The summed E-state index contributed by atoms with van der Waals surface area (Å²) in [6, 6.07) is 0. The third-order valence-electron chi connectivity index (χ3n) is 5.09. The first-order valence-electron chi connectivity index (χ1n) is 7.88. The van der Waals surface area contributed by atoms with Gasteiger partial charge in [0.15, 0.2) is 0 Å². The molecule has 0 aromatic heterocycles. The summed E-state index contributed by atoms with van der Waals surface area (Å²) in [6.07, 6.45) is 7.92. The van der Waals surface area contributed by atoms with Crippen LogP contribution in [0, 0.1) is 5.41 Å². The van der Waals surface area contributed by atoms with Crippen LogP contribution >= 0.6 is 0 Å². The zero-order valence-electron chi connectivity index (χ0n) is 12.8. The van der Waals surface area contributed by atoms with E-state index < -0.39 is 0 Å². The molecule has 1 aliphatic heterocycles. The Kier molecular flexibility index (Phi) is 4.54. The molecule has 2 rings (SSSR count). The molecule has 19 heavy (non-hydrogen) atoms. The highest BCUT2D eigenvalue weighted by Crippen LogP contribution is 2.45. The van der Waals surface area contributed by atoms with Gasteiger partial charge in [-0.2, -0.15) is 0 Å². The Morgan fingerprint density at radius 3 is 2.21 bits per heavy atom. The second-order valence-electron chi connectivity index (χ2n) is 7.06. The van der Waals surface area contributed by atoms with Crippen LogP contribution in [0.15, 0.2) is 0 Å². The Bertz CT molecular complexity index is 309. The molecule has 0 atom stereocenters. The zero-order chi connectivity index (χ0) is 13.9. The number of hydrogen-bond donors (Lipinski definition) is 0. The SMILES string of the molecule is CCOC(=O)CC1(N2CCCC2)CCC(C)(C)CC1. The van der Waals surface area contributed by atoms with Gasteiger partial charge < -0.3 is 4.74 Å². The number of esters is 1. The molecule has 1 saturated heterocycles. The molecule has 0 spiro atoms. The van der Waals surface area contributed by atoms with Gasteiger partial charge in [-0.05, 0) is 64.0 Å². The summed E-state index contributed by atoms with van der Waals surface area (Å²) < 4.78 is 5.22. The van der Waals surface area contributed by atoms with E-state index in [1.165, 1.54) is 38.8 Å². The van der Waals surface area contributed by atoms with Crippen molar-refractivity contribution in [1.82, 2.24) is 4.90 Å². The highest BCUT2D eigenvalue weighted by atomic mass is 16.5. The predicted octanol–water partition coefficient (Wildman–Crippen LogP) is 3.37. The van der Waals surface area contributed by atoms with Crippen molar-refractivity contribution in [3.63, 3.8) is 0 Å². The number of ether oxygens (including phenoxy) is 1. The van der Waals surface area contributed by atoms with Crippen LogP contribution in [0.4, 0.5) is 0 Å². The Morgan fingerprint density at radius 2 is 1.68 bits per heavy atom. The Labute approximate surface area is 117 Å². The van der Waals surface area contributed by atoms with Crippen molar-refractivity contribution in [2.75, 3.05) is 19.7 Å². The molecule has 3 heteroatoms. The normalized spacial score (nSPS) is 26.3. The van der Waals surface area contributed by atoms with E-state index in [9.17, 15) is 4.79 Å². The van der Waals surface area contributed by atoms with Gasteiger partial charge in [-0.3, -0.25) is 9.69 Å². The van der Waals surface area contributed by atoms with Crippen LogP contribution in [0.25, 0.3) is 0 Å². The predicted molar refractivity (Wildman–Crippen MR) is 77.0 cm³/mol.